The molecule has 0 heterocycles. The van der Waals surface area contributed by atoms with Gasteiger partial charge in [0.25, 0.3) is 11.6 Å². The first-order chi connectivity index (χ1) is 15.3. The van der Waals surface area contributed by atoms with E-state index < -0.39 is 11.0 Å². The van der Waals surface area contributed by atoms with Gasteiger partial charge in [-0.25, -0.2) is 4.79 Å². The summed E-state index contributed by atoms with van der Waals surface area (Å²) in [7, 11) is 3.20. The van der Waals surface area contributed by atoms with E-state index in [4.69, 9.17) is 4.74 Å². The van der Waals surface area contributed by atoms with E-state index >= 15 is 0 Å². The maximum absolute atomic E-state index is 12.4. The molecule has 1 atom stereocenters. The van der Waals surface area contributed by atoms with Crippen molar-refractivity contribution >= 4 is 23.4 Å². The molecule has 2 rings (SSSR count). The summed E-state index contributed by atoms with van der Waals surface area (Å²) >= 11 is 0. The highest BCUT2D eigenvalue weighted by Crippen LogP contribution is 2.29. The van der Waals surface area contributed by atoms with Crippen molar-refractivity contribution in [3.8, 4) is 0 Å². The molecular formula is C23H30N4O5. The summed E-state index contributed by atoms with van der Waals surface area (Å²) in [5.41, 5.74) is 1.28. The molecule has 0 aliphatic heterocycles. The Balaban J connectivity index is 1.78. The molecule has 2 aromatic rings. The molecule has 0 radical (unpaired) electrons. The Kier molecular flexibility index (Phi) is 9.46. The molecule has 0 fully saturated rings. The molecule has 2 aromatic carbocycles. The monoisotopic (exact) mass is 442 g/mol. The molecule has 9 heteroatoms. The Labute approximate surface area is 187 Å². The zero-order chi connectivity index (χ0) is 23.5. The molecule has 2 N–H and O–H groups in total. The summed E-state index contributed by atoms with van der Waals surface area (Å²) in [6.45, 7) is 2.57. The van der Waals surface area contributed by atoms with Crippen LogP contribution in [0.15, 0.2) is 48.5 Å². The summed E-state index contributed by atoms with van der Waals surface area (Å²) in [6, 6.07) is 13.8. The first kappa shape index (κ1) is 24.6. The van der Waals surface area contributed by atoms with Gasteiger partial charge in [0, 0.05) is 32.7 Å². The van der Waals surface area contributed by atoms with Gasteiger partial charge in [0.15, 0.2) is 0 Å². The third-order valence-electron chi connectivity index (χ3n) is 4.82. The lowest BCUT2D eigenvalue weighted by atomic mass is 10.1. The van der Waals surface area contributed by atoms with Crippen LogP contribution in [0.2, 0.25) is 0 Å². The highest BCUT2D eigenvalue weighted by atomic mass is 16.6. The van der Waals surface area contributed by atoms with Crippen molar-refractivity contribution in [2.75, 3.05) is 26.0 Å². The van der Waals surface area contributed by atoms with Crippen LogP contribution in [0.1, 0.15) is 42.1 Å². The van der Waals surface area contributed by atoms with Gasteiger partial charge in [-0.15, -0.1) is 0 Å². The SMILES string of the molecule is C[C@@H](CCCCNc1c(C(=O)N(C)C)cccc1[N+](=O)[O-])NC(=O)OCc1ccccc1. The van der Waals surface area contributed by atoms with Crippen molar-refractivity contribution in [2.45, 2.75) is 38.8 Å². The summed E-state index contributed by atoms with van der Waals surface area (Å²) in [6.07, 6.45) is 1.76. The number of unbranched alkanes of at least 4 members (excludes halogenated alkanes) is 1. The van der Waals surface area contributed by atoms with E-state index in [0.29, 0.717) is 13.0 Å². The van der Waals surface area contributed by atoms with Crippen molar-refractivity contribution in [2.24, 2.45) is 0 Å². The number of para-hydroxylation sites is 1. The van der Waals surface area contributed by atoms with Crippen molar-refractivity contribution in [1.82, 2.24) is 10.2 Å². The number of hydrogen-bond acceptors (Lipinski definition) is 6. The minimum absolute atomic E-state index is 0.0739. The molecule has 0 spiro atoms. The standard InChI is InChI=1S/C23H30N4O5/c1-17(25-23(29)32-16-18-11-5-4-6-12-18)10-7-8-15-24-21-19(22(28)26(2)3)13-9-14-20(21)27(30)31/h4-6,9,11-14,17,24H,7-8,10,15-16H2,1-3H3,(H,25,29)/t17-/m0/s1. The van der Waals surface area contributed by atoms with Crippen molar-refractivity contribution in [1.29, 1.82) is 0 Å². The van der Waals surface area contributed by atoms with Crippen LogP contribution in [-0.4, -0.2) is 48.5 Å². The number of nitro groups is 1. The third kappa shape index (κ3) is 7.57. The summed E-state index contributed by atoms with van der Waals surface area (Å²) < 4.78 is 5.21. The fraction of sp³-hybridized carbons (Fsp3) is 0.391. The number of nitrogens with one attached hydrogen (secondary N) is 2. The lowest BCUT2D eigenvalue weighted by Crippen LogP contribution is -2.33. The van der Waals surface area contributed by atoms with E-state index in [2.05, 4.69) is 10.6 Å². The van der Waals surface area contributed by atoms with Crippen LogP contribution >= 0.6 is 0 Å². The predicted molar refractivity (Wildman–Crippen MR) is 123 cm³/mol. The molecule has 0 bridgehead atoms. The Morgan fingerprint density at radius 3 is 2.47 bits per heavy atom. The summed E-state index contributed by atoms with van der Waals surface area (Å²) in [4.78, 5) is 36.6. The fourth-order valence-corrected chi connectivity index (χ4v) is 3.12. The number of amides is 2. The van der Waals surface area contributed by atoms with Gasteiger partial charge in [0.05, 0.1) is 10.5 Å². The van der Waals surface area contributed by atoms with Gasteiger partial charge in [-0.2, -0.15) is 0 Å². The Morgan fingerprint density at radius 2 is 1.81 bits per heavy atom. The van der Waals surface area contributed by atoms with Crippen LogP contribution in [0, 0.1) is 10.1 Å². The van der Waals surface area contributed by atoms with Gasteiger partial charge in [0.2, 0.25) is 0 Å². The third-order valence-corrected chi connectivity index (χ3v) is 4.82. The molecule has 0 aliphatic carbocycles. The Bertz CT molecular complexity index is 918. The van der Waals surface area contributed by atoms with Gasteiger partial charge in [-0.3, -0.25) is 14.9 Å². The molecule has 0 saturated carbocycles. The minimum Gasteiger partial charge on any atom is -0.445 e. The van der Waals surface area contributed by atoms with Crippen molar-refractivity contribution in [3.05, 3.63) is 69.8 Å². The second kappa shape index (κ2) is 12.3. The van der Waals surface area contributed by atoms with Crippen LogP contribution in [0.5, 0.6) is 0 Å². The number of alkyl carbamates (subject to hydrolysis) is 1. The zero-order valence-corrected chi connectivity index (χ0v) is 18.7. The number of ether oxygens (including phenoxy) is 1. The number of rotatable bonds is 11. The van der Waals surface area contributed by atoms with E-state index in [1.165, 1.54) is 17.0 Å². The van der Waals surface area contributed by atoms with E-state index in [0.717, 1.165) is 18.4 Å². The number of nitro benzene ring substituents is 1. The second-order valence-corrected chi connectivity index (χ2v) is 7.69. The smallest absolute Gasteiger partial charge is 0.407 e. The van der Waals surface area contributed by atoms with Gasteiger partial charge >= 0.3 is 6.09 Å². The van der Waals surface area contributed by atoms with Crippen molar-refractivity contribution in [3.63, 3.8) is 0 Å². The summed E-state index contributed by atoms with van der Waals surface area (Å²) in [5, 5.41) is 17.2. The van der Waals surface area contributed by atoms with Crippen LogP contribution in [-0.2, 0) is 11.3 Å². The molecule has 0 saturated heterocycles. The number of benzene rings is 2. The largest absolute Gasteiger partial charge is 0.445 e. The lowest BCUT2D eigenvalue weighted by molar-refractivity contribution is -0.384. The Morgan fingerprint density at radius 1 is 1.09 bits per heavy atom. The highest BCUT2D eigenvalue weighted by molar-refractivity contribution is 6.01. The number of carbonyl (C=O) groups excluding carboxylic acids is 2. The lowest BCUT2D eigenvalue weighted by Gasteiger charge is -2.16. The number of carbonyl (C=O) groups is 2. The molecule has 2 amide bonds. The van der Waals surface area contributed by atoms with Crippen LogP contribution in [0.3, 0.4) is 0 Å². The van der Waals surface area contributed by atoms with Crippen LogP contribution < -0.4 is 10.6 Å². The van der Waals surface area contributed by atoms with Gasteiger partial charge in [0.1, 0.15) is 12.3 Å². The quantitative estimate of drug-likeness (QED) is 0.306. The first-order valence-electron chi connectivity index (χ1n) is 10.5. The first-order valence-corrected chi connectivity index (χ1v) is 10.5. The molecule has 172 valence electrons. The van der Waals surface area contributed by atoms with E-state index in [-0.39, 0.29) is 35.5 Å². The van der Waals surface area contributed by atoms with Gasteiger partial charge in [-0.05, 0) is 37.8 Å². The molecule has 0 aromatic heterocycles. The average Bonchev–Trinajstić information content (AvgIpc) is 2.77. The number of nitrogens with zero attached hydrogens (tertiary/aromatic N) is 2. The second-order valence-electron chi connectivity index (χ2n) is 7.69. The van der Waals surface area contributed by atoms with Gasteiger partial charge in [-0.1, -0.05) is 36.4 Å². The molecule has 9 nitrogen and oxygen atoms in total. The average molecular weight is 443 g/mol. The molecule has 0 unspecified atom stereocenters. The van der Waals surface area contributed by atoms with E-state index in [1.54, 1.807) is 20.2 Å². The van der Waals surface area contributed by atoms with E-state index in [1.807, 2.05) is 37.3 Å². The zero-order valence-electron chi connectivity index (χ0n) is 18.7. The molecular weight excluding hydrogens is 412 g/mol. The van der Waals surface area contributed by atoms with Crippen LogP contribution in [0.4, 0.5) is 16.2 Å². The fourth-order valence-electron chi connectivity index (χ4n) is 3.12. The topological polar surface area (TPSA) is 114 Å². The van der Waals surface area contributed by atoms with Crippen LogP contribution in [0.25, 0.3) is 0 Å². The van der Waals surface area contributed by atoms with Crippen molar-refractivity contribution < 1.29 is 19.2 Å². The molecule has 32 heavy (non-hydrogen) atoms. The summed E-state index contributed by atoms with van der Waals surface area (Å²) in [5.74, 6) is -0.303. The minimum atomic E-state index is -0.498. The maximum atomic E-state index is 12.4. The predicted octanol–water partition coefficient (Wildman–Crippen LogP) is 4.19. The normalized spacial score (nSPS) is 11.3. The highest BCUT2D eigenvalue weighted by Gasteiger charge is 2.22. The van der Waals surface area contributed by atoms with E-state index in [9.17, 15) is 19.7 Å². The Hall–Kier alpha value is -3.62. The maximum Gasteiger partial charge on any atom is 0.407 e. The molecule has 0 aliphatic rings. The van der Waals surface area contributed by atoms with Gasteiger partial charge < -0.3 is 20.3 Å². The number of hydrogen-bond donors (Lipinski definition) is 2. The number of anilines is 1.